The van der Waals surface area contributed by atoms with Gasteiger partial charge in [0.15, 0.2) is 11.5 Å². The Balaban J connectivity index is 2.49. The molecule has 5 heteroatoms. The molecule has 1 aromatic rings. The average molecular weight is 259 g/mol. The van der Waals surface area contributed by atoms with Crippen LogP contribution in [0.3, 0.4) is 0 Å². The van der Waals surface area contributed by atoms with E-state index in [1.807, 2.05) is 13.0 Å². The van der Waals surface area contributed by atoms with E-state index >= 15 is 0 Å². The highest BCUT2D eigenvalue weighted by Crippen LogP contribution is 2.36. The van der Waals surface area contributed by atoms with Gasteiger partial charge < -0.3 is 14.6 Å². The first-order valence-electron chi connectivity index (χ1n) is 5.93. The zero-order valence-corrected chi connectivity index (χ0v) is 10.5. The Labute approximate surface area is 110 Å². The smallest absolute Gasteiger partial charge is 0.346 e. The third-order valence-corrected chi connectivity index (χ3v) is 2.80. The molecule has 0 bridgehead atoms. The SMILES string of the molecule is CCCc1cc2c(cc1C=C(C#N)C(=O)O)OCO2. The van der Waals surface area contributed by atoms with Crippen LogP contribution in [-0.4, -0.2) is 17.9 Å². The quantitative estimate of drug-likeness (QED) is 0.663. The lowest BCUT2D eigenvalue weighted by Crippen LogP contribution is -1.98. The first-order valence-corrected chi connectivity index (χ1v) is 5.93. The molecule has 0 spiro atoms. The number of aliphatic carboxylic acids is 1. The van der Waals surface area contributed by atoms with Crippen molar-refractivity contribution in [3.05, 3.63) is 28.8 Å². The molecule has 0 aliphatic carbocycles. The van der Waals surface area contributed by atoms with Crippen molar-refractivity contribution >= 4 is 12.0 Å². The van der Waals surface area contributed by atoms with Crippen molar-refractivity contribution in [3.8, 4) is 17.6 Å². The number of rotatable bonds is 4. The lowest BCUT2D eigenvalue weighted by Gasteiger charge is -2.07. The molecule has 0 atom stereocenters. The maximum absolute atomic E-state index is 10.9. The number of benzene rings is 1. The third-order valence-electron chi connectivity index (χ3n) is 2.80. The van der Waals surface area contributed by atoms with E-state index in [1.54, 1.807) is 12.1 Å². The Morgan fingerprint density at radius 1 is 1.47 bits per heavy atom. The first kappa shape index (κ1) is 13.0. The van der Waals surface area contributed by atoms with Crippen LogP contribution in [0, 0.1) is 11.3 Å². The molecule has 1 aliphatic rings. The summed E-state index contributed by atoms with van der Waals surface area (Å²) in [4.78, 5) is 10.9. The number of fused-ring (bicyclic) bond motifs is 1. The van der Waals surface area contributed by atoms with Crippen LogP contribution in [0.1, 0.15) is 24.5 Å². The van der Waals surface area contributed by atoms with Gasteiger partial charge in [-0.2, -0.15) is 5.26 Å². The highest BCUT2D eigenvalue weighted by atomic mass is 16.7. The number of carbonyl (C=O) groups is 1. The molecule has 5 nitrogen and oxygen atoms in total. The van der Waals surface area contributed by atoms with Gasteiger partial charge in [0.05, 0.1) is 0 Å². The van der Waals surface area contributed by atoms with Crippen LogP contribution in [0.5, 0.6) is 11.5 Å². The largest absolute Gasteiger partial charge is 0.477 e. The maximum atomic E-state index is 10.9. The summed E-state index contributed by atoms with van der Waals surface area (Å²) in [5.74, 6) is 0.00540. The molecule has 98 valence electrons. The maximum Gasteiger partial charge on any atom is 0.346 e. The Morgan fingerprint density at radius 3 is 2.74 bits per heavy atom. The van der Waals surface area contributed by atoms with Crippen molar-refractivity contribution in [3.63, 3.8) is 0 Å². The minimum atomic E-state index is -1.23. The molecule has 2 rings (SSSR count). The van der Waals surface area contributed by atoms with Crippen LogP contribution in [0.25, 0.3) is 6.08 Å². The predicted octanol–water partition coefficient (Wildman–Crippen LogP) is 2.36. The number of hydrogen-bond donors (Lipinski definition) is 1. The summed E-state index contributed by atoms with van der Waals surface area (Å²) < 4.78 is 10.6. The number of carboxylic acid groups (broad SMARTS) is 1. The van der Waals surface area contributed by atoms with Crippen LogP contribution in [0.4, 0.5) is 0 Å². The zero-order valence-electron chi connectivity index (χ0n) is 10.5. The number of aryl methyl sites for hydroxylation is 1. The van der Waals surface area contributed by atoms with Gasteiger partial charge in [-0.3, -0.25) is 0 Å². The van der Waals surface area contributed by atoms with E-state index in [9.17, 15) is 4.79 Å². The normalized spacial score (nSPS) is 13.2. The Morgan fingerprint density at radius 2 is 2.16 bits per heavy atom. The fourth-order valence-electron chi connectivity index (χ4n) is 1.92. The molecule has 0 saturated heterocycles. The Kier molecular flexibility index (Phi) is 3.71. The second kappa shape index (κ2) is 5.44. The molecule has 0 amide bonds. The van der Waals surface area contributed by atoms with Gasteiger partial charge in [-0.05, 0) is 35.8 Å². The zero-order chi connectivity index (χ0) is 13.8. The summed E-state index contributed by atoms with van der Waals surface area (Å²) >= 11 is 0. The minimum absolute atomic E-state index is 0.165. The average Bonchev–Trinajstić information content (AvgIpc) is 2.82. The van der Waals surface area contributed by atoms with Crippen LogP contribution in [0.2, 0.25) is 0 Å². The van der Waals surface area contributed by atoms with Gasteiger partial charge in [-0.1, -0.05) is 13.3 Å². The van der Waals surface area contributed by atoms with Gasteiger partial charge in [0, 0.05) is 0 Å². The van der Waals surface area contributed by atoms with Crippen molar-refractivity contribution in [2.45, 2.75) is 19.8 Å². The lowest BCUT2D eigenvalue weighted by molar-refractivity contribution is -0.132. The van der Waals surface area contributed by atoms with Crippen LogP contribution in [0.15, 0.2) is 17.7 Å². The number of ether oxygens (including phenoxy) is 2. The number of carboxylic acids is 1. The minimum Gasteiger partial charge on any atom is -0.477 e. The first-order chi connectivity index (χ1) is 9.15. The topological polar surface area (TPSA) is 79.6 Å². The molecule has 1 aliphatic heterocycles. The number of hydrogen-bond acceptors (Lipinski definition) is 4. The molecule has 0 saturated carbocycles. The fourth-order valence-corrected chi connectivity index (χ4v) is 1.92. The van der Waals surface area contributed by atoms with Crippen molar-refractivity contribution in [1.82, 2.24) is 0 Å². The Hall–Kier alpha value is -2.48. The van der Waals surface area contributed by atoms with Gasteiger partial charge in [-0.25, -0.2) is 4.79 Å². The molecule has 19 heavy (non-hydrogen) atoms. The van der Waals surface area contributed by atoms with Gasteiger partial charge >= 0.3 is 5.97 Å². The van der Waals surface area contributed by atoms with E-state index < -0.39 is 5.97 Å². The van der Waals surface area contributed by atoms with E-state index in [2.05, 4.69) is 0 Å². The van der Waals surface area contributed by atoms with Crippen molar-refractivity contribution < 1.29 is 19.4 Å². The van der Waals surface area contributed by atoms with Crippen LogP contribution < -0.4 is 9.47 Å². The predicted molar refractivity (Wildman–Crippen MR) is 67.8 cm³/mol. The summed E-state index contributed by atoms with van der Waals surface area (Å²) in [7, 11) is 0. The van der Waals surface area contributed by atoms with E-state index in [-0.39, 0.29) is 12.4 Å². The number of nitrogens with zero attached hydrogens (tertiary/aromatic N) is 1. The Bertz CT molecular complexity index is 584. The van der Waals surface area contributed by atoms with Crippen molar-refractivity contribution in [1.29, 1.82) is 5.26 Å². The molecule has 1 N–H and O–H groups in total. The van der Waals surface area contributed by atoms with E-state index in [4.69, 9.17) is 19.8 Å². The van der Waals surface area contributed by atoms with Crippen molar-refractivity contribution in [2.24, 2.45) is 0 Å². The molecule has 1 heterocycles. The van der Waals surface area contributed by atoms with Gasteiger partial charge in [0.1, 0.15) is 11.6 Å². The molecular formula is C14H13NO4. The molecule has 1 aromatic carbocycles. The molecule has 0 radical (unpaired) electrons. The fraction of sp³-hybridized carbons (Fsp3) is 0.286. The standard InChI is InChI=1S/C14H13NO4/c1-2-3-9-5-12-13(19-8-18-12)6-10(9)4-11(7-15)14(16)17/h4-6H,2-3,8H2,1H3,(H,16,17). The van der Waals surface area contributed by atoms with Crippen molar-refractivity contribution in [2.75, 3.05) is 6.79 Å². The molecule has 0 aromatic heterocycles. The lowest BCUT2D eigenvalue weighted by atomic mass is 10.00. The third kappa shape index (κ3) is 2.68. The second-order valence-corrected chi connectivity index (χ2v) is 4.13. The molecule has 0 unspecified atom stereocenters. The van der Waals surface area contributed by atoms with Gasteiger partial charge in [0.25, 0.3) is 0 Å². The summed E-state index contributed by atoms with van der Waals surface area (Å²) in [6, 6.07) is 5.23. The van der Waals surface area contributed by atoms with Crippen LogP contribution in [-0.2, 0) is 11.2 Å². The summed E-state index contributed by atoms with van der Waals surface area (Å²) in [6.45, 7) is 2.19. The van der Waals surface area contributed by atoms with Crippen LogP contribution >= 0.6 is 0 Å². The second-order valence-electron chi connectivity index (χ2n) is 4.13. The summed E-state index contributed by atoms with van der Waals surface area (Å²) in [5.41, 5.74) is 1.34. The highest BCUT2D eigenvalue weighted by molar-refractivity contribution is 5.96. The summed E-state index contributed by atoms with van der Waals surface area (Å²) in [5, 5.41) is 17.7. The van der Waals surface area contributed by atoms with E-state index in [0.29, 0.717) is 17.1 Å². The van der Waals surface area contributed by atoms with E-state index in [0.717, 1.165) is 18.4 Å². The molecular weight excluding hydrogens is 246 g/mol. The number of nitriles is 1. The van der Waals surface area contributed by atoms with E-state index in [1.165, 1.54) is 6.08 Å². The summed E-state index contributed by atoms with van der Waals surface area (Å²) in [6.07, 6.45) is 3.06. The highest BCUT2D eigenvalue weighted by Gasteiger charge is 2.17. The monoisotopic (exact) mass is 259 g/mol. The van der Waals surface area contributed by atoms with Gasteiger partial charge in [-0.15, -0.1) is 0 Å². The van der Waals surface area contributed by atoms with Gasteiger partial charge in [0.2, 0.25) is 6.79 Å². The molecule has 0 fully saturated rings.